The van der Waals surface area contributed by atoms with E-state index < -0.39 is 23.8 Å². The Morgan fingerprint density at radius 2 is 1.89 bits per heavy atom. The highest BCUT2D eigenvalue weighted by Gasteiger charge is 2.44. The molecule has 2 fully saturated rings. The van der Waals surface area contributed by atoms with Gasteiger partial charge < -0.3 is 10.6 Å². The number of benzene rings is 1. The number of carbonyl (C=O) groups excluding carboxylic acids is 4. The van der Waals surface area contributed by atoms with Gasteiger partial charge in [0, 0.05) is 13.0 Å². The van der Waals surface area contributed by atoms with Crippen LogP contribution < -0.4 is 16.0 Å². The Balaban J connectivity index is 1.46. The molecule has 1 unspecified atom stereocenters. The fourth-order valence-corrected chi connectivity index (χ4v) is 3.94. The molecular formula is C19H22N4O4. The molecule has 0 bridgehead atoms. The zero-order valence-corrected chi connectivity index (χ0v) is 14.9. The summed E-state index contributed by atoms with van der Waals surface area (Å²) in [5.74, 6) is -1.29. The monoisotopic (exact) mass is 370 g/mol. The molecule has 3 heterocycles. The lowest BCUT2D eigenvalue weighted by molar-refractivity contribution is -0.136. The average Bonchev–Trinajstić information content (AvgIpc) is 3.24. The molecule has 27 heavy (non-hydrogen) atoms. The first-order chi connectivity index (χ1) is 13.0. The van der Waals surface area contributed by atoms with Gasteiger partial charge in [-0.15, -0.1) is 0 Å². The summed E-state index contributed by atoms with van der Waals surface area (Å²) in [4.78, 5) is 49.8. The molecule has 3 aliphatic rings. The molecular weight excluding hydrogens is 348 g/mol. The van der Waals surface area contributed by atoms with Crippen LogP contribution in [0.3, 0.4) is 0 Å². The van der Waals surface area contributed by atoms with E-state index in [4.69, 9.17) is 0 Å². The average molecular weight is 370 g/mol. The van der Waals surface area contributed by atoms with Crippen LogP contribution in [-0.4, -0.2) is 54.2 Å². The standard InChI is InChI=1S/C19H22N4O4/c24-16-4-3-15(17(25)22-16)23-18(26)13-2-1-11(7-14(13)19(23)27)8-21-10-12-5-6-20-9-12/h1-2,7,12,15,20-21H,3-6,8-10H2,(H,22,24,25)/t12-,15?/m0/s1. The molecule has 1 aromatic rings. The summed E-state index contributed by atoms with van der Waals surface area (Å²) in [6.07, 6.45) is 1.44. The molecule has 3 aliphatic heterocycles. The van der Waals surface area contributed by atoms with E-state index in [0.29, 0.717) is 23.6 Å². The number of imide groups is 2. The largest absolute Gasteiger partial charge is 0.316 e. The number of piperidine rings is 1. The fraction of sp³-hybridized carbons (Fsp3) is 0.474. The quantitative estimate of drug-likeness (QED) is 0.619. The minimum Gasteiger partial charge on any atom is -0.316 e. The van der Waals surface area contributed by atoms with Crippen LogP contribution in [0.5, 0.6) is 0 Å². The third-order valence-electron chi connectivity index (χ3n) is 5.43. The molecule has 0 radical (unpaired) electrons. The zero-order valence-electron chi connectivity index (χ0n) is 14.9. The first-order valence-electron chi connectivity index (χ1n) is 9.30. The Kier molecular flexibility index (Phi) is 4.75. The first-order valence-corrected chi connectivity index (χ1v) is 9.30. The van der Waals surface area contributed by atoms with E-state index in [0.717, 1.165) is 36.5 Å². The van der Waals surface area contributed by atoms with Crippen molar-refractivity contribution >= 4 is 23.6 Å². The van der Waals surface area contributed by atoms with Crippen LogP contribution in [0.4, 0.5) is 0 Å². The number of hydrogen-bond acceptors (Lipinski definition) is 6. The van der Waals surface area contributed by atoms with Gasteiger partial charge in [-0.3, -0.25) is 29.4 Å². The molecule has 8 heteroatoms. The number of rotatable bonds is 5. The van der Waals surface area contributed by atoms with E-state index in [1.165, 1.54) is 0 Å². The Morgan fingerprint density at radius 3 is 2.63 bits per heavy atom. The highest BCUT2D eigenvalue weighted by molar-refractivity contribution is 6.23. The minimum atomic E-state index is -0.924. The van der Waals surface area contributed by atoms with Crippen LogP contribution in [0.25, 0.3) is 0 Å². The summed E-state index contributed by atoms with van der Waals surface area (Å²) in [5.41, 5.74) is 1.56. The summed E-state index contributed by atoms with van der Waals surface area (Å²) in [5, 5.41) is 8.92. The molecule has 0 saturated carbocycles. The van der Waals surface area contributed by atoms with E-state index >= 15 is 0 Å². The summed E-state index contributed by atoms with van der Waals surface area (Å²) in [6.45, 7) is 3.59. The van der Waals surface area contributed by atoms with Crippen LogP contribution >= 0.6 is 0 Å². The van der Waals surface area contributed by atoms with Gasteiger partial charge >= 0.3 is 0 Å². The predicted octanol–water partition coefficient (Wildman–Crippen LogP) is -0.213. The first kappa shape index (κ1) is 17.8. The number of carbonyl (C=O) groups is 4. The van der Waals surface area contributed by atoms with Crippen molar-refractivity contribution in [2.75, 3.05) is 19.6 Å². The third kappa shape index (κ3) is 3.38. The summed E-state index contributed by atoms with van der Waals surface area (Å²) < 4.78 is 0. The molecule has 0 spiro atoms. The smallest absolute Gasteiger partial charge is 0.262 e. The van der Waals surface area contributed by atoms with E-state index in [9.17, 15) is 19.2 Å². The van der Waals surface area contributed by atoms with Gasteiger partial charge in [0.1, 0.15) is 6.04 Å². The zero-order chi connectivity index (χ0) is 19.0. The van der Waals surface area contributed by atoms with Gasteiger partial charge in [-0.1, -0.05) is 6.07 Å². The maximum Gasteiger partial charge on any atom is 0.262 e. The van der Waals surface area contributed by atoms with Gasteiger partial charge in [0.2, 0.25) is 11.8 Å². The van der Waals surface area contributed by atoms with Crippen molar-refractivity contribution in [2.24, 2.45) is 5.92 Å². The number of nitrogens with one attached hydrogen (secondary N) is 3. The van der Waals surface area contributed by atoms with Crippen LogP contribution in [-0.2, 0) is 16.1 Å². The molecule has 2 atom stereocenters. The van der Waals surface area contributed by atoms with Crippen molar-refractivity contribution in [2.45, 2.75) is 31.8 Å². The van der Waals surface area contributed by atoms with Crippen LogP contribution in [0.1, 0.15) is 45.5 Å². The highest BCUT2D eigenvalue weighted by Crippen LogP contribution is 2.28. The summed E-state index contributed by atoms with van der Waals surface area (Å²) in [7, 11) is 0. The molecule has 142 valence electrons. The van der Waals surface area contributed by atoms with Crippen molar-refractivity contribution in [3.8, 4) is 0 Å². The molecule has 0 aromatic heterocycles. The summed E-state index contributed by atoms with van der Waals surface area (Å²) >= 11 is 0. The van der Waals surface area contributed by atoms with Crippen LogP contribution in [0.2, 0.25) is 0 Å². The van der Waals surface area contributed by atoms with Crippen LogP contribution in [0, 0.1) is 5.92 Å². The molecule has 4 amide bonds. The van der Waals surface area contributed by atoms with Gasteiger partial charge in [0.05, 0.1) is 11.1 Å². The number of hydrogen-bond donors (Lipinski definition) is 3. The van der Waals surface area contributed by atoms with Crippen molar-refractivity contribution in [1.82, 2.24) is 20.9 Å². The second kappa shape index (κ2) is 7.21. The van der Waals surface area contributed by atoms with Crippen molar-refractivity contribution in [3.63, 3.8) is 0 Å². The van der Waals surface area contributed by atoms with Gasteiger partial charge in [-0.2, -0.15) is 0 Å². The Labute approximate surface area is 156 Å². The predicted molar refractivity (Wildman–Crippen MR) is 95.8 cm³/mol. The molecule has 0 aliphatic carbocycles. The fourth-order valence-electron chi connectivity index (χ4n) is 3.94. The second-order valence-electron chi connectivity index (χ2n) is 7.32. The normalized spacial score (nSPS) is 25.1. The van der Waals surface area contributed by atoms with Crippen LogP contribution in [0.15, 0.2) is 18.2 Å². The number of nitrogens with zero attached hydrogens (tertiary/aromatic N) is 1. The number of fused-ring (bicyclic) bond motifs is 1. The SMILES string of the molecule is O=C1CCC(N2C(=O)c3ccc(CNC[C@H]4CCNC4)cc3C2=O)C(=O)N1. The Hall–Kier alpha value is -2.58. The van der Waals surface area contributed by atoms with Gasteiger partial charge in [-0.05, 0) is 56.1 Å². The lowest BCUT2D eigenvalue weighted by Gasteiger charge is -2.27. The van der Waals surface area contributed by atoms with E-state index in [1.807, 2.05) is 6.07 Å². The van der Waals surface area contributed by atoms with Crippen molar-refractivity contribution in [1.29, 1.82) is 0 Å². The molecule has 4 rings (SSSR count). The number of amides is 4. The Bertz CT molecular complexity index is 816. The van der Waals surface area contributed by atoms with Gasteiger partial charge in [0.25, 0.3) is 11.8 Å². The molecule has 2 saturated heterocycles. The van der Waals surface area contributed by atoms with Crippen molar-refractivity contribution < 1.29 is 19.2 Å². The van der Waals surface area contributed by atoms with Gasteiger partial charge in [0.15, 0.2) is 0 Å². The topological polar surface area (TPSA) is 108 Å². The van der Waals surface area contributed by atoms with E-state index in [1.54, 1.807) is 12.1 Å². The lowest BCUT2D eigenvalue weighted by atomic mass is 10.0. The van der Waals surface area contributed by atoms with Gasteiger partial charge in [-0.25, -0.2) is 0 Å². The lowest BCUT2D eigenvalue weighted by Crippen LogP contribution is -2.54. The summed E-state index contributed by atoms with van der Waals surface area (Å²) in [6, 6.07) is 4.28. The van der Waals surface area contributed by atoms with Crippen molar-refractivity contribution in [3.05, 3.63) is 34.9 Å². The second-order valence-corrected chi connectivity index (χ2v) is 7.32. The minimum absolute atomic E-state index is 0.120. The van der Waals surface area contributed by atoms with E-state index in [2.05, 4.69) is 16.0 Å². The third-order valence-corrected chi connectivity index (χ3v) is 5.43. The molecule has 1 aromatic carbocycles. The van der Waals surface area contributed by atoms with E-state index in [-0.39, 0.29) is 18.7 Å². The molecule has 3 N–H and O–H groups in total. The maximum absolute atomic E-state index is 12.8. The maximum atomic E-state index is 12.8. The highest BCUT2D eigenvalue weighted by atomic mass is 16.2. The Morgan fingerprint density at radius 1 is 1.07 bits per heavy atom. The molecule has 8 nitrogen and oxygen atoms in total.